The summed E-state index contributed by atoms with van der Waals surface area (Å²) in [5.41, 5.74) is 5.35. The standard InChI is InChI=1S/C40H47Cl2N5O4/c1-4-40(3,27-48)46-24-32-19-35(41)37(20-36(32)50-25-30-18-29(21-43)22-44-23-30)51-26-31-10-8-11-33(28(31)2)34-12-13-45-39(38(34)42)49-17-9-16-47-14-6-5-7-15-47/h8,10-13,18-20,22-23,46,48H,4-7,9,14-17,24-27H2,1-3H3. The molecule has 9 nitrogen and oxygen atoms in total. The average Bonchev–Trinajstić information content (AvgIpc) is 3.16. The van der Waals surface area contributed by atoms with Crippen molar-refractivity contribution in [2.45, 2.75) is 78.2 Å². The Morgan fingerprint density at radius 1 is 0.980 bits per heavy atom. The summed E-state index contributed by atoms with van der Waals surface area (Å²) < 4.78 is 18.7. The third-order valence-corrected chi connectivity index (χ3v) is 10.2. The SMILES string of the molecule is CCC(C)(CO)NCc1cc(Cl)c(OCc2cccc(-c3ccnc(OCCCN4CCCCC4)c3Cl)c2C)cc1OCc1cncc(C#N)c1. The van der Waals surface area contributed by atoms with Gasteiger partial charge in [0.1, 0.15) is 35.8 Å². The largest absolute Gasteiger partial charge is 0.488 e. The average molecular weight is 733 g/mol. The Kier molecular flexibility index (Phi) is 13.9. The van der Waals surface area contributed by atoms with Crippen molar-refractivity contribution in [3.05, 3.63) is 98.9 Å². The van der Waals surface area contributed by atoms with E-state index in [9.17, 15) is 10.4 Å². The zero-order valence-electron chi connectivity index (χ0n) is 29.7. The molecule has 2 aromatic carbocycles. The summed E-state index contributed by atoms with van der Waals surface area (Å²) >= 11 is 13.7. The van der Waals surface area contributed by atoms with E-state index in [2.05, 4.69) is 26.3 Å². The summed E-state index contributed by atoms with van der Waals surface area (Å²) in [4.78, 5) is 11.1. The summed E-state index contributed by atoms with van der Waals surface area (Å²) in [6, 6.07) is 15.4. The van der Waals surface area contributed by atoms with Crippen molar-refractivity contribution in [1.29, 1.82) is 5.26 Å². The van der Waals surface area contributed by atoms with Crippen molar-refractivity contribution in [2.24, 2.45) is 0 Å². The fraction of sp³-hybridized carbons (Fsp3) is 0.425. The molecule has 1 unspecified atom stereocenters. The van der Waals surface area contributed by atoms with Crippen molar-refractivity contribution in [2.75, 3.05) is 32.8 Å². The van der Waals surface area contributed by atoms with E-state index in [-0.39, 0.29) is 19.8 Å². The van der Waals surface area contributed by atoms with Crippen molar-refractivity contribution in [3.8, 4) is 34.6 Å². The van der Waals surface area contributed by atoms with Crippen LogP contribution in [0.3, 0.4) is 0 Å². The number of pyridine rings is 2. The van der Waals surface area contributed by atoms with Crippen LogP contribution in [0.25, 0.3) is 11.1 Å². The van der Waals surface area contributed by atoms with Crippen molar-refractivity contribution in [3.63, 3.8) is 0 Å². The summed E-state index contributed by atoms with van der Waals surface area (Å²) in [6.45, 7) is 10.8. The lowest BCUT2D eigenvalue weighted by molar-refractivity contribution is 0.168. The van der Waals surface area contributed by atoms with Crippen LogP contribution in [0, 0.1) is 18.3 Å². The number of halogens is 2. The van der Waals surface area contributed by atoms with Crippen LogP contribution in [0.15, 0.2) is 61.1 Å². The molecule has 0 bridgehead atoms. The van der Waals surface area contributed by atoms with Gasteiger partial charge in [-0.2, -0.15) is 5.26 Å². The van der Waals surface area contributed by atoms with Gasteiger partial charge >= 0.3 is 0 Å². The Labute approximate surface area is 311 Å². The van der Waals surface area contributed by atoms with Crippen LogP contribution in [-0.2, 0) is 19.8 Å². The van der Waals surface area contributed by atoms with E-state index in [1.165, 1.54) is 38.5 Å². The zero-order chi connectivity index (χ0) is 36.2. The number of hydrogen-bond donors (Lipinski definition) is 2. The number of piperidine rings is 1. The second-order valence-electron chi connectivity index (χ2n) is 13.3. The highest BCUT2D eigenvalue weighted by Gasteiger charge is 2.22. The molecule has 2 aromatic heterocycles. The molecule has 1 fully saturated rings. The van der Waals surface area contributed by atoms with Crippen LogP contribution >= 0.6 is 23.2 Å². The number of aliphatic hydroxyl groups is 1. The van der Waals surface area contributed by atoms with E-state index >= 15 is 0 Å². The van der Waals surface area contributed by atoms with Gasteiger partial charge in [0.05, 0.1) is 23.8 Å². The number of ether oxygens (including phenoxy) is 3. The number of nitrogens with zero attached hydrogens (tertiary/aromatic N) is 4. The number of likely N-dealkylation sites (tertiary alicyclic amines) is 1. The first-order valence-corrected chi connectivity index (χ1v) is 18.4. The highest BCUT2D eigenvalue weighted by atomic mass is 35.5. The van der Waals surface area contributed by atoms with Crippen LogP contribution < -0.4 is 19.5 Å². The number of nitriles is 1. The maximum Gasteiger partial charge on any atom is 0.233 e. The van der Waals surface area contributed by atoms with E-state index < -0.39 is 5.54 Å². The lowest BCUT2D eigenvalue weighted by Crippen LogP contribution is -2.44. The van der Waals surface area contributed by atoms with Gasteiger partial charge in [-0.1, -0.05) is 54.7 Å². The molecule has 4 aromatic rings. The van der Waals surface area contributed by atoms with Gasteiger partial charge in [-0.3, -0.25) is 4.98 Å². The van der Waals surface area contributed by atoms with Crippen LogP contribution in [0.1, 0.15) is 73.8 Å². The Morgan fingerprint density at radius 3 is 2.55 bits per heavy atom. The molecule has 1 aliphatic heterocycles. The van der Waals surface area contributed by atoms with Crippen molar-refractivity contribution >= 4 is 23.2 Å². The molecule has 5 rings (SSSR count). The summed E-state index contributed by atoms with van der Waals surface area (Å²) in [5.74, 6) is 1.47. The molecule has 0 spiro atoms. The highest BCUT2D eigenvalue weighted by molar-refractivity contribution is 6.34. The molecule has 11 heteroatoms. The van der Waals surface area contributed by atoms with Crippen LogP contribution in [0.5, 0.6) is 17.4 Å². The Balaban J connectivity index is 1.31. The van der Waals surface area contributed by atoms with Crippen LogP contribution in [0.2, 0.25) is 10.0 Å². The van der Waals surface area contributed by atoms with E-state index in [0.29, 0.717) is 46.1 Å². The molecule has 1 atom stereocenters. The van der Waals surface area contributed by atoms with E-state index in [0.717, 1.165) is 52.8 Å². The Bertz CT molecular complexity index is 1800. The first-order chi connectivity index (χ1) is 24.7. The first-order valence-electron chi connectivity index (χ1n) is 17.6. The van der Waals surface area contributed by atoms with Gasteiger partial charge in [-0.25, -0.2) is 4.98 Å². The molecule has 2 N–H and O–H groups in total. The maximum absolute atomic E-state index is 9.95. The number of rotatable bonds is 17. The molecule has 270 valence electrons. The summed E-state index contributed by atoms with van der Waals surface area (Å²) in [5, 5.41) is 23.6. The molecular weight excluding hydrogens is 685 g/mol. The topological polar surface area (TPSA) is 113 Å². The molecule has 1 aliphatic rings. The minimum Gasteiger partial charge on any atom is -0.488 e. The van der Waals surface area contributed by atoms with E-state index in [1.807, 2.05) is 51.1 Å². The molecule has 51 heavy (non-hydrogen) atoms. The predicted molar refractivity (Wildman–Crippen MR) is 202 cm³/mol. The Hall–Kier alpha value is -3.91. The molecule has 0 aliphatic carbocycles. The molecule has 0 radical (unpaired) electrons. The number of aliphatic hydroxyl groups excluding tert-OH is 1. The van der Waals surface area contributed by atoms with Gasteiger partial charge in [0.15, 0.2) is 0 Å². The monoisotopic (exact) mass is 731 g/mol. The first kappa shape index (κ1) is 38.3. The third kappa shape index (κ3) is 10.3. The quantitative estimate of drug-likeness (QED) is 0.104. The van der Waals surface area contributed by atoms with Gasteiger partial charge in [0.2, 0.25) is 5.88 Å². The van der Waals surface area contributed by atoms with Crippen molar-refractivity contribution in [1.82, 2.24) is 20.2 Å². The normalized spacial score (nSPS) is 14.5. The molecule has 0 amide bonds. The highest BCUT2D eigenvalue weighted by Crippen LogP contribution is 2.38. The van der Waals surface area contributed by atoms with Gasteiger partial charge in [-0.15, -0.1) is 0 Å². The molecule has 3 heterocycles. The molecule has 0 saturated carbocycles. The van der Waals surface area contributed by atoms with E-state index in [4.69, 9.17) is 37.4 Å². The van der Waals surface area contributed by atoms with Crippen LogP contribution in [0.4, 0.5) is 0 Å². The van der Waals surface area contributed by atoms with Gasteiger partial charge in [0, 0.05) is 60.0 Å². The minimum absolute atomic E-state index is 0.0163. The van der Waals surface area contributed by atoms with Crippen LogP contribution in [-0.4, -0.2) is 58.4 Å². The lowest BCUT2D eigenvalue weighted by Gasteiger charge is -2.28. The lowest BCUT2D eigenvalue weighted by atomic mass is 9.97. The number of nitrogens with one attached hydrogen (secondary N) is 1. The van der Waals surface area contributed by atoms with Gasteiger partial charge < -0.3 is 29.5 Å². The van der Waals surface area contributed by atoms with Gasteiger partial charge in [0.25, 0.3) is 0 Å². The van der Waals surface area contributed by atoms with Crippen molar-refractivity contribution < 1.29 is 19.3 Å². The number of benzene rings is 2. The number of aromatic nitrogens is 2. The second-order valence-corrected chi connectivity index (χ2v) is 14.0. The fourth-order valence-electron chi connectivity index (χ4n) is 6.01. The molecule has 1 saturated heterocycles. The number of hydrogen-bond acceptors (Lipinski definition) is 9. The molecular formula is C40H47Cl2N5O4. The van der Waals surface area contributed by atoms with E-state index in [1.54, 1.807) is 24.5 Å². The predicted octanol–water partition coefficient (Wildman–Crippen LogP) is 8.29. The fourth-order valence-corrected chi connectivity index (χ4v) is 6.52. The maximum atomic E-state index is 9.95. The minimum atomic E-state index is -0.468. The smallest absolute Gasteiger partial charge is 0.233 e. The van der Waals surface area contributed by atoms with Gasteiger partial charge in [-0.05, 0) is 87.5 Å². The third-order valence-electron chi connectivity index (χ3n) is 9.55. The Morgan fingerprint density at radius 2 is 1.78 bits per heavy atom. The zero-order valence-corrected chi connectivity index (χ0v) is 31.2. The second kappa shape index (κ2) is 18.5. The summed E-state index contributed by atoms with van der Waals surface area (Å²) in [7, 11) is 0. The summed E-state index contributed by atoms with van der Waals surface area (Å²) in [6.07, 6.45) is 10.4.